The second-order valence-electron chi connectivity index (χ2n) is 3.78. The number of ether oxygens (including phenoxy) is 1. The third-order valence-electron chi connectivity index (χ3n) is 2.67. The van der Waals surface area contributed by atoms with Crippen LogP contribution in [0.1, 0.15) is 10.6 Å². The van der Waals surface area contributed by atoms with Crippen molar-refractivity contribution >= 4 is 11.3 Å². The fourth-order valence-electron chi connectivity index (χ4n) is 1.78. The average molecular weight is 248 g/mol. The van der Waals surface area contributed by atoms with Crippen LogP contribution in [0, 0.1) is 0 Å². The second-order valence-corrected chi connectivity index (χ2v) is 4.86. The molecule has 88 valence electrons. The fraction of sp³-hybridized carbons (Fsp3) is 0.364. The zero-order valence-corrected chi connectivity index (χ0v) is 10.3. The molecule has 5 nitrogen and oxygen atoms in total. The molecular weight excluding hydrogens is 236 g/mol. The Balaban J connectivity index is 1.94. The molecule has 0 saturated carbocycles. The molecule has 17 heavy (non-hydrogen) atoms. The summed E-state index contributed by atoms with van der Waals surface area (Å²) < 4.78 is 4.99. The van der Waals surface area contributed by atoms with Gasteiger partial charge in [0.05, 0.1) is 12.8 Å². The lowest BCUT2D eigenvalue weighted by atomic mass is 10.2. The Morgan fingerprint density at radius 1 is 1.35 bits per heavy atom. The average Bonchev–Trinajstić information content (AvgIpc) is 2.82. The molecule has 0 bridgehead atoms. The monoisotopic (exact) mass is 248 g/mol. The summed E-state index contributed by atoms with van der Waals surface area (Å²) in [5, 5.41) is 12.4. The number of rotatable bonds is 2. The van der Waals surface area contributed by atoms with E-state index in [1.54, 1.807) is 24.5 Å². The number of nitrogens with zero attached hydrogens (tertiary/aromatic N) is 3. The fourth-order valence-corrected chi connectivity index (χ4v) is 2.82. The van der Waals surface area contributed by atoms with Crippen LogP contribution >= 0.6 is 11.3 Å². The highest BCUT2D eigenvalue weighted by Crippen LogP contribution is 2.28. The van der Waals surface area contributed by atoms with Gasteiger partial charge >= 0.3 is 0 Å². The summed E-state index contributed by atoms with van der Waals surface area (Å²) in [6, 6.07) is 3.70. The highest BCUT2D eigenvalue weighted by molar-refractivity contribution is 7.15. The molecule has 2 aromatic rings. The number of thiazole rings is 1. The number of methoxy groups -OCH3 is 1. The van der Waals surface area contributed by atoms with Crippen LogP contribution in [-0.2, 0) is 13.0 Å². The van der Waals surface area contributed by atoms with Crippen molar-refractivity contribution < 1.29 is 4.74 Å². The molecule has 0 spiro atoms. The van der Waals surface area contributed by atoms with Crippen molar-refractivity contribution in [3.8, 4) is 16.6 Å². The van der Waals surface area contributed by atoms with Crippen LogP contribution in [0.25, 0.3) is 10.7 Å². The molecule has 0 fully saturated rings. The first-order valence-corrected chi connectivity index (χ1v) is 6.26. The quantitative estimate of drug-likeness (QED) is 0.867. The minimum Gasteiger partial charge on any atom is -0.480 e. The lowest BCUT2D eigenvalue weighted by Gasteiger charge is -2.09. The third-order valence-corrected chi connectivity index (χ3v) is 3.79. The Kier molecular flexibility index (Phi) is 2.74. The van der Waals surface area contributed by atoms with Crippen molar-refractivity contribution in [3.05, 3.63) is 22.7 Å². The summed E-state index contributed by atoms with van der Waals surface area (Å²) in [5.41, 5.74) is 2.01. The van der Waals surface area contributed by atoms with Gasteiger partial charge in [-0.05, 0) is 6.07 Å². The van der Waals surface area contributed by atoms with E-state index in [0.29, 0.717) is 5.88 Å². The van der Waals surface area contributed by atoms with E-state index >= 15 is 0 Å². The molecule has 0 unspecified atom stereocenters. The summed E-state index contributed by atoms with van der Waals surface area (Å²) in [5.74, 6) is 0.525. The van der Waals surface area contributed by atoms with Gasteiger partial charge in [0.15, 0.2) is 0 Å². The minimum absolute atomic E-state index is 0.525. The lowest BCUT2D eigenvalue weighted by molar-refractivity contribution is 0.392. The maximum Gasteiger partial charge on any atom is 0.233 e. The Morgan fingerprint density at radius 3 is 3.00 bits per heavy atom. The molecule has 3 heterocycles. The van der Waals surface area contributed by atoms with E-state index in [1.165, 1.54) is 10.6 Å². The summed E-state index contributed by atoms with van der Waals surface area (Å²) in [6.07, 6.45) is 0.995. The van der Waals surface area contributed by atoms with Crippen LogP contribution in [0.4, 0.5) is 0 Å². The molecule has 0 atom stereocenters. The number of fused-ring (bicyclic) bond motifs is 1. The molecule has 2 aromatic heterocycles. The van der Waals surface area contributed by atoms with Gasteiger partial charge < -0.3 is 10.1 Å². The van der Waals surface area contributed by atoms with Gasteiger partial charge in [-0.25, -0.2) is 4.98 Å². The number of hydrogen-bond acceptors (Lipinski definition) is 6. The SMILES string of the molecule is COc1ccc(-c2nc3c(s2)CNCC3)nn1. The highest BCUT2D eigenvalue weighted by atomic mass is 32.1. The van der Waals surface area contributed by atoms with E-state index < -0.39 is 0 Å². The van der Waals surface area contributed by atoms with Crippen molar-refractivity contribution in [1.29, 1.82) is 0 Å². The van der Waals surface area contributed by atoms with Crippen LogP contribution in [0.3, 0.4) is 0 Å². The standard InChI is InChI=1S/C11H12N4OS/c1-16-10-3-2-8(14-15-10)11-13-7-4-5-12-6-9(7)17-11/h2-3,12H,4-6H2,1H3. The van der Waals surface area contributed by atoms with Crippen molar-refractivity contribution in [2.75, 3.05) is 13.7 Å². The lowest BCUT2D eigenvalue weighted by Crippen LogP contribution is -2.22. The molecule has 1 aliphatic heterocycles. The van der Waals surface area contributed by atoms with Crippen LogP contribution in [0.2, 0.25) is 0 Å². The van der Waals surface area contributed by atoms with Crippen molar-refractivity contribution in [2.45, 2.75) is 13.0 Å². The first-order chi connectivity index (χ1) is 8.36. The van der Waals surface area contributed by atoms with Gasteiger partial charge in [0, 0.05) is 30.5 Å². The molecular formula is C11H12N4OS. The van der Waals surface area contributed by atoms with Gasteiger partial charge in [0.25, 0.3) is 0 Å². The molecule has 0 radical (unpaired) electrons. The summed E-state index contributed by atoms with van der Waals surface area (Å²) in [4.78, 5) is 5.92. The van der Waals surface area contributed by atoms with E-state index in [2.05, 4.69) is 20.5 Å². The number of hydrogen-bond donors (Lipinski definition) is 1. The van der Waals surface area contributed by atoms with E-state index in [-0.39, 0.29) is 0 Å². The summed E-state index contributed by atoms with van der Waals surface area (Å²) in [7, 11) is 1.58. The van der Waals surface area contributed by atoms with E-state index in [1.807, 2.05) is 6.07 Å². The number of aromatic nitrogens is 3. The van der Waals surface area contributed by atoms with Crippen LogP contribution in [-0.4, -0.2) is 28.8 Å². The van der Waals surface area contributed by atoms with Gasteiger partial charge in [0.2, 0.25) is 5.88 Å². The second kappa shape index (κ2) is 4.38. The van der Waals surface area contributed by atoms with Gasteiger partial charge in [-0.2, -0.15) is 0 Å². The Hall–Kier alpha value is -1.53. The Morgan fingerprint density at radius 2 is 2.29 bits per heavy atom. The zero-order chi connectivity index (χ0) is 11.7. The topological polar surface area (TPSA) is 59.9 Å². The Labute approximate surface area is 103 Å². The maximum absolute atomic E-state index is 4.99. The van der Waals surface area contributed by atoms with Crippen LogP contribution < -0.4 is 10.1 Å². The van der Waals surface area contributed by atoms with Gasteiger partial charge in [-0.1, -0.05) is 0 Å². The molecule has 0 aliphatic carbocycles. The first kappa shape index (κ1) is 10.6. The molecule has 6 heteroatoms. The zero-order valence-electron chi connectivity index (χ0n) is 9.43. The van der Waals surface area contributed by atoms with E-state index in [9.17, 15) is 0 Å². The van der Waals surface area contributed by atoms with Gasteiger partial charge in [-0.15, -0.1) is 21.5 Å². The number of nitrogens with one attached hydrogen (secondary N) is 1. The molecule has 0 amide bonds. The third kappa shape index (κ3) is 2.01. The van der Waals surface area contributed by atoms with Crippen LogP contribution in [0.5, 0.6) is 5.88 Å². The van der Waals surface area contributed by atoms with Crippen LogP contribution in [0.15, 0.2) is 12.1 Å². The first-order valence-electron chi connectivity index (χ1n) is 5.44. The maximum atomic E-state index is 4.99. The van der Waals surface area contributed by atoms with Crippen molar-refractivity contribution in [2.24, 2.45) is 0 Å². The van der Waals surface area contributed by atoms with Gasteiger partial charge in [-0.3, -0.25) is 0 Å². The van der Waals surface area contributed by atoms with Crippen molar-refractivity contribution in [3.63, 3.8) is 0 Å². The highest BCUT2D eigenvalue weighted by Gasteiger charge is 2.16. The molecule has 0 aromatic carbocycles. The summed E-state index contributed by atoms with van der Waals surface area (Å²) >= 11 is 1.68. The van der Waals surface area contributed by atoms with E-state index in [0.717, 1.165) is 30.2 Å². The normalized spacial score (nSPS) is 14.4. The summed E-state index contributed by atoms with van der Waals surface area (Å²) in [6.45, 7) is 1.92. The predicted molar refractivity (Wildman–Crippen MR) is 65.1 cm³/mol. The smallest absolute Gasteiger partial charge is 0.233 e. The largest absolute Gasteiger partial charge is 0.480 e. The van der Waals surface area contributed by atoms with E-state index in [4.69, 9.17) is 4.74 Å². The van der Waals surface area contributed by atoms with Gasteiger partial charge in [0.1, 0.15) is 10.7 Å². The molecule has 1 aliphatic rings. The molecule has 1 N–H and O–H groups in total. The van der Waals surface area contributed by atoms with Crippen molar-refractivity contribution in [1.82, 2.24) is 20.5 Å². The Bertz CT molecular complexity index is 499. The molecule has 0 saturated heterocycles. The minimum atomic E-state index is 0.525. The molecule has 3 rings (SSSR count). The predicted octanol–water partition coefficient (Wildman–Crippen LogP) is 1.25.